The lowest BCUT2D eigenvalue weighted by atomic mass is 9.83. The first-order valence-corrected chi connectivity index (χ1v) is 7.50. The molecule has 0 N–H and O–H groups in total. The SMILES string of the molecule is COC(=O)C(C(C)=O)[C@H](/C=C/c1ccccc1)c1ccccc1. The molecule has 0 aliphatic heterocycles. The van der Waals surface area contributed by atoms with Crippen molar-refractivity contribution in [2.75, 3.05) is 7.11 Å². The highest BCUT2D eigenvalue weighted by Crippen LogP contribution is 2.29. The van der Waals surface area contributed by atoms with E-state index in [1.807, 2.05) is 72.8 Å². The maximum atomic E-state index is 12.1. The number of rotatable bonds is 6. The standard InChI is InChI=1S/C20H20O3/c1-15(21)19(20(22)23-2)18(17-11-7-4-8-12-17)14-13-16-9-5-3-6-10-16/h3-14,18-19H,1-2H3/b14-13+/t18-,19?/m1/s1. The summed E-state index contributed by atoms with van der Waals surface area (Å²) in [5.41, 5.74) is 1.92. The Morgan fingerprint density at radius 3 is 2.04 bits per heavy atom. The number of esters is 1. The molecule has 2 atom stereocenters. The van der Waals surface area contributed by atoms with E-state index in [1.54, 1.807) is 0 Å². The summed E-state index contributed by atoms with van der Waals surface area (Å²) in [7, 11) is 1.31. The number of carbonyl (C=O) groups excluding carboxylic acids is 2. The third-order valence-corrected chi connectivity index (χ3v) is 3.73. The molecule has 1 unspecified atom stereocenters. The number of ether oxygens (including phenoxy) is 1. The molecule has 0 bridgehead atoms. The zero-order valence-corrected chi connectivity index (χ0v) is 13.3. The Bertz CT molecular complexity index is 675. The number of allylic oxidation sites excluding steroid dienone is 1. The van der Waals surface area contributed by atoms with Gasteiger partial charge in [-0.25, -0.2) is 0 Å². The first kappa shape index (κ1) is 16.7. The Hall–Kier alpha value is -2.68. The molecule has 2 rings (SSSR count). The van der Waals surface area contributed by atoms with Crippen molar-refractivity contribution in [1.82, 2.24) is 0 Å². The summed E-state index contributed by atoms with van der Waals surface area (Å²) in [4.78, 5) is 24.1. The van der Waals surface area contributed by atoms with Gasteiger partial charge in [0.2, 0.25) is 0 Å². The number of Topliss-reactive ketones (excluding diaryl/α,β-unsaturated/α-hetero) is 1. The van der Waals surface area contributed by atoms with E-state index in [-0.39, 0.29) is 11.7 Å². The predicted molar refractivity (Wildman–Crippen MR) is 90.8 cm³/mol. The monoisotopic (exact) mass is 308 g/mol. The number of hydrogen-bond donors (Lipinski definition) is 0. The van der Waals surface area contributed by atoms with Crippen molar-refractivity contribution in [2.24, 2.45) is 5.92 Å². The fourth-order valence-corrected chi connectivity index (χ4v) is 2.56. The van der Waals surface area contributed by atoms with Gasteiger partial charge in [0.1, 0.15) is 11.7 Å². The van der Waals surface area contributed by atoms with Crippen LogP contribution in [-0.4, -0.2) is 18.9 Å². The van der Waals surface area contributed by atoms with Crippen molar-refractivity contribution in [3.63, 3.8) is 0 Å². The van der Waals surface area contributed by atoms with Gasteiger partial charge in [-0.3, -0.25) is 9.59 Å². The van der Waals surface area contributed by atoms with Gasteiger partial charge in [0.05, 0.1) is 7.11 Å². The van der Waals surface area contributed by atoms with Gasteiger partial charge in [-0.15, -0.1) is 0 Å². The average Bonchev–Trinajstić information content (AvgIpc) is 2.59. The molecule has 23 heavy (non-hydrogen) atoms. The normalized spacial score (nSPS) is 13.5. The van der Waals surface area contributed by atoms with Crippen LogP contribution in [0.15, 0.2) is 66.7 Å². The van der Waals surface area contributed by atoms with Crippen molar-refractivity contribution in [3.8, 4) is 0 Å². The largest absolute Gasteiger partial charge is 0.468 e. The van der Waals surface area contributed by atoms with Crippen LogP contribution in [0.3, 0.4) is 0 Å². The van der Waals surface area contributed by atoms with Crippen molar-refractivity contribution in [2.45, 2.75) is 12.8 Å². The van der Waals surface area contributed by atoms with E-state index in [2.05, 4.69) is 0 Å². The van der Waals surface area contributed by atoms with Gasteiger partial charge in [0, 0.05) is 5.92 Å². The Morgan fingerprint density at radius 2 is 1.52 bits per heavy atom. The molecular formula is C20H20O3. The highest BCUT2D eigenvalue weighted by Gasteiger charge is 2.32. The molecule has 0 fully saturated rings. The highest BCUT2D eigenvalue weighted by atomic mass is 16.5. The Balaban J connectivity index is 2.41. The number of carbonyl (C=O) groups is 2. The second-order valence-corrected chi connectivity index (χ2v) is 5.32. The third kappa shape index (κ3) is 4.39. The van der Waals surface area contributed by atoms with Crippen LogP contribution in [0, 0.1) is 5.92 Å². The van der Waals surface area contributed by atoms with E-state index < -0.39 is 11.9 Å². The molecule has 3 nitrogen and oxygen atoms in total. The summed E-state index contributed by atoms with van der Waals surface area (Å²) in [6.07, 6.45) is 3.82. The molecule has 0 radical (unpaired) electrons. The first-order valence-electron chi connectivity index (χ1n) is 7.50. The van der Waals surface area contributed by atoms with Crippen LogP contribution < -0.4 is 0 Å². The summed E-state index contributed by atoms with van der Waals surface area (Å²) in [6.45, 7) is 1.42. The zero-order valence-electron chi connectivity index (χ0n) is 13.3. The minimum atomic E-state index is -0.845. The van der Waals surface area contributed by atoms with Crippen LogP contribution in [-0.2, 0) is 14.3 Å². The second-order valence-electron chi connectivity index (χ2n) is 5.32. The number of methoxy groups -OCH3 is 1. The highest BCUT2D eigenvalue weighted by molar-refractivity contribution is 5.99. The smallest absolute Gasteiger partial charge is 0.317 e. The van der Waals surface area contributed by atoms with E-state index in [0.29, 0.717) is 0 Å². The average molecular weight is 308 g/mol. The summed E-state index contributed by atoms with van der Waals surface area (Å²) >= 11 is 0. The number of benzene rings is 2. The van der Waals surface area contributed by atoms with Gasteiger partial charge in [0.25, 0.3) is 0 Å². The Morgan fingerprint density at radius 1 is 0.957 bits per heavy atom. The van der Waals surface area contributed by atoms with E-state index in [0.717, 1.165) is 11.1 Å². The molecule has 0 amide bonds. The summed E-state index contributed by atoms with van der Waals surface area (Å²) in [5.74, 6) is -1.92. The molecule has 0 saturated carbocycles. The fraction of sp³-hybridized carbons (Fsp3) is 0.200. The van der Waals surface area contributed by atoms with Crippen molar-refractivity contribution < 1.29 is 14.3 Å². The predicted octanol–water partition coefficient (Wildman–Crippen LogP) is 3.86. The van der Waals surface area contributed by atoms with Crippen LogP contribution in [0.2, 0.25) is 0 Å². The molecule has 0 aliphatic carbocycles. The first-order chi connectivity index (χ1) is 11.1. The summed E-state index contributed by atoms with van der Waals surface area (Å²) in [6, 6.07) is 19.3. The van der Waals surface area contributed by atoms with Crippen LogP contribution in [0.4, 0.5) is 0 Å². The lowest BCUT2D eigenvalue weighted by Crippen LogP contribution is -2.29. The van der Waals surface area contributed by atoms with Gasteiger partial charge >= 0.3 is 5.97 Å². The lowest BCUT2D eigenvalue weighted by molar-refractivity contribution is -0.149. The minimum Gasteiger partial charge on any atom is -0.468 e. The Labute approximate surface area is 136 Å². The maximum Gasteiger partial charge on any atom is 0.317 e. The van der Waals surface area contributed by atoms with Crippen LogP contribution >= 0.6 is 0 Å². The van der Waals surface area contributed by atoms with Crippen molar-refractivity contribution in [1.29, 1.82) is 0 Å². The van der Waals surface area contributed by atoms with Crippen molar-refractivity contribution in [3.05, 3.63) is 77.9 Å². The molecular weight excluding hydrogens is 288 g/mol. The molecule has 0 spiro atoms. The van der Waals surface area contributed by atoms with Gasteiger partial charge < -0.3 is 4.74 Å². The van der Waals surface area contributed by atoms with Crippen LogP contribution in [0.25, 0.3) is 6.08 Å². The molecule has 2 aromatic rings. The lowest BCUT2D eigenvalue weighted by Gasteiger charge is -2.21. The van der Waals surface area contributed by atoms with Gasteiger partial charge in [-0.2, -0.15) is 0 Å². The quantitative estimate of drug-likeness (QED) is 0.601. The van der Waals surface area contributed by atoms with Gasteiger partial charge in [-0.1, -0.05) is 72.8 Å². The van der Waals surface area contributed by atoms with Crippen LogP contribution in [0.1, 0.15) is 24.0 Å². The number of ketones is 1. The van der Waals surface area contributed by atoms with Crippen LogP contribution in [0.5, 0.6) is 0 Å². The van der Waals surface area contributed by atoms with Gasteiger partial charge in [-0.05, 0) is 18.1 Å². The molecule has 2 aromatic carbocycles. The van der Waals surface area contributed by atoms with E-state index in [4.69, 9.17) is 4.74 Å². The number of hydrogen-bond acceptors (Lipinski definition) is 3. The van der Waals surface area contributed by atoms with E-state index >= 15 is 0 Å². The van der Waals surface area contributed by atoms with Gasteiger partial charge in [0.15, 0.2) is 0 Å². The third-order valence-electron chi connectivity index (χ3n) is 3.73. The summed E-state index contributed by atoms with van der Waals surface area (Å²) < 4.78 is 4.83. The molecule has 0 saturated heterocycles. The van der Waals surface area contributed by atoms with Crippen molar-refractivity contribution >= 4 is 17.8 Å². The molecule has 118 valence electrons. The minimum absolute atomic E-state index is 0.205. The maximum absolute atomic E-state index is 12.1. The fourth-order valence-electron chi connectivity index (χ4n) is 2.56. The second kappa shape index (κ2) is 8.08. The van der Waals surface area contributed by atoms with E-state index in [9.17, 15) is 9.59 Å². The molecule has 0 heterocycles. The molecule has 3 heteroatoms. The Kier molecular flexibility index (Phi) is 5.87. The molecule has 0 aromatic heterocycles. The topological polar surface area (TPSA) is 43.4 Å². The molecule has 0 aliphatic rings. The summed E-state index contributed by atoms with van der Waals surface area (Å²) in [5, 5.41) is 0. The van der Waals surface area contributed by atoms with E-state index in [1.165, 1.54) is 14.0 Å². The zero-order chi connectivity index (χ0) is 16.7.